The average Bonchev–Trinajstić information content (AvgIpc) is 2.96. The molecule has 4 rings (SSSR count). The molecular weight excluding hydrogens is 362 g/mol. The molecule has 0 saturated heterocycles. The number of aromatic nitrogens is 1. The molecule has 3 aromatic carbocycles. The number of rotatable bonds is 2. The second kappa shape index (κ2) is 5.55. The van der Waals surface area contributed by atoms with Gasteiger partial charge < -0.3 is 0 Å². The lowest BCUT2D eigenvalue weighted by Gasteiger charge is -2.08. The van der Waals surface area contributed by atoms with Gasteiger partial charge in [0.05, 0.1) is 19.5 Å². The number of fused-ring (bicyclic) bond motifs is 3. The first-order valence-corrected chi connectivity index (χ1v) is 9.94. The number of aryl methyl sites for hydroxylation is 1. The molecular formula is C18H12ClNO2S2. The summed E-state index contributed by atoms with van der Waals surface area (Å²) in [5.41, 5.74) is 0.533. The molecule has 0 bridgehead atoms. The van der Waals surface area contributed by atoms with Crippen LogP contribution in [0.3, 0.4) is 0 Å². The highest BCUT2D eigenvalue weighted by atomic mass is 35.5. The first-order chi connectivity index (χ1) is 11.5. The van der Waals surface area contributed by atoms with Crippen molar-refractivity contribution >= 4 is 53.8 Å². The molecule has 0 aliphatic heterocycles. The standard InChI is InChI=1S/C18H12ClNO2S2/c1-11-20-17-16(24(21,22)14-8-6-13(19)7-9-14)10-12-4-2-3-5-15(12)18(17)23-11/h2-10H,1H3. The molecule has 24 heavy (non-hydrogen) atoms. The molecule has 0 radical (unpaired) electrons. The van der Waals surface area contributed by atoms with E-state index in [-0.39, 0.29) is 9.79 Å². The number of thiazole rings is 1. The summed E-state index contributed by atoms with van der Waals surface area (Å²) in [6.45, 7) is 1.89. The van der Waals surface area contributed by atoms with Gasteiger partial charge in [0.15, 0.2) is 0 Å². The van der Waals surface area contributed by atoms with Crippen LogP contribution in [0.1, 0.15) is 5.01 Å². The zero-order chi connectivity index (χ0) is 16.9. The minimum Gasteiger partial charge on any atom is -0.240 e. The maximum absolute atomic E-state index is 13.1. The summed E-state index contributed by atoms with van der Waals surface area (Å²) in [6, 6.07) is 15.7. The molecule has 0 spiro atoms. The number of hydrogen-bond acceptors (Lipinski definition) is 4. The number of halogens is 1. The molecule has 1 heterocycles. The highest BCUT2D eigenvalue weighted by Gasteiger charge is 2.23. The SMILES string of the molecule is Cc1nc2c(S(=O)(=O)c3ccc(Cl)cc3)cc3ccccc3c2s1. The predicted octanol–water partition coefficient (Wildman–Crippen LogP) is 5.24. The van der Waals surface area contributed by atoms with E-state index in [4.69, 9.17) is 11.6 Å². The van der Waals surface area contributed by atoms with Gasteiger partial charge >= 0.3 is 0 Å². The monoisotopic (exact) mass is 373 g/mol. The summed E-state index contributed by atoms with van der Waals surface area (Å²) in [5, 5.41) is 3.25. The Bertz CT molecular complexity index is 1180. The van der Waals surface area contributed by atoms with E-state index in [2.05, 4.69) is 4.98 Å². The minimum absolute atomic E-state index is 0.217. The number of benzene rings is 3. The normalized spacial score (nSPS) is 12.1. The third kappa shape index (κ3) is 2.40. The maximum atomic E-state index is 13.1. The van der Waals surface area contributed by atoms with Crippen LogP contribution in [0, 0.1) is 6.92 Å². The summed E-state index contributed by atoms with van der Waals surface area (Å²) in [5.74, 6) is 0. The van der Waals surface area contributed by atoms with Crippen LogP contribution in [0.4, 0.5) is 0 Å². The Morgan fingerprint density at radius 3 is 2.50 bits per heavy atom. The summed E-state index contributed by atoms with van der Waals surface area (Å²) in [4.78, 5) is 4.94. The quantitative estimate of drug-likeness (QED) is 0.482. The Balaban J connectivity index is 2.09. The van der Waals surface area contributed by atoms with Gasteiger partial charge in [-0.3, -0.25) is 0 Å². The van der Waals surface area contributed by atoms with E-state index in [0.29, 0.717) is 10.5 Å². The fourth-order valence-electron chi connectivity index (χ4n) is 2.76. The molecule has 0 N–H and O–H groups in total. The Labute approximate surface area is 148 Å². The highest BCUT2D eigenvalue weighted by Crippen LogP contribution is 2.37. The second-order valence-corrected chi connectivity index (χ2v) is 9.02. The largest absolute Gasteiger partial charge is 0.240 e. The van der Waals surface area contributed by atoms with Crippen molar-refractivity contribution in [2.24, 2.45) is 0 Å². The molecule has 0 unspecified atom stereocenters. The Kier molecular flexibility index (Phi) is 3.60. The summed E-state index contributed by atoms with van der Waals surface area (Å²) in [6.07, 6.45) is 0. The first-order valence-electron chi connectivity index (χ1n) is 7.26. The van der Waals surface area contributed by atoms with Gasteiger partial charge in [0.25, 0.3) is 0 Å². The van der Waals surface area contributed by atoms with Gasteiger partial charge in [-0.05, 0) is 42.6 Å². The zero-order valence-corrected chi connectivity index (χ0v) is 15.0. The van der Waals surface area contributed by atoms with Gasteiger partial charge in [0.1, 0.15) is 5.52 Å². The van der Waals surface area contributed by atoms with Crippen molar-refractivity contribution < 1.29 is 8.42 Å². The third-order valence-corrected chi connectivity index (χ3v) is 6.91. The molecule has 0 fully saturated rings. The van der Waals surface area contributed by atoms with E-state index in [0.717, 1.165) is 20.5 Å². The predicted molar refractivity (Wildman–Crippen MR) is 98.8 cm³/mol. The number of hydrogen-bond donors (Lipinski definition) is 0. The zero-order valence-electron chi connectivity index (χ0n) is 12.7. The Morgan fingerprint density at radius 2 is 1.75 bits per heavy atom. The molecule has 0 atom stereocenters. The third-order valence-electron chi connectivity index (χ3n) is 3.87. The van der Waals surface area contributed by atoms with E-state index in [9.17, 15) is 8.42 Å². The lowest BCUT2D eigenvalue weighted by atomic mass is 10.1. The van der Waals surface area contributed by atoms with Gasteiger partial charge in [-0.1, -0.05) is 35.9 Å². The van der Waals surface area contributed by atoms with Crippen LogP contribution in [0.25, 0.3) is 21.0 Å². The summed E-state index contributed by atoms with van der Waals surface area (Å²) >= 11 is 7.39. The van der Waals surface area contributed by atoms with Crippen molar-refractivity contribution in [3.05, 3.63) is 64.6 Å². The fraction of sp³-hybridized carbons (Fsp3) is 0.0556. The van der Waals surface area contributed by atoms with E-state index < -0.39 is 9.84 Å². The Morgan fingerprint density at radius 1 is 1.04 bits per heavy atom. The van der Waals surface area contributed by atoms with Crippen LogP contribution < -0.4 is 0 Å². The van der Waals surface area contributed by atoms with Gasteiger partial charge in [-0.2, -0.15) is 0 Å². The maximum Gasteiger partial charge on any atom is 0.208 e. The van der Waals surface area contributed by atoms with Gasteiger partial charge in [0.2, 0.25) is 9.84 Å². The van der Waals surface area contributed by atoms with E-state index in [1.54, 1.807) is 18.2 Å². The van der Waals surface area contributed by atoms with E-state index in [1.807, 2.05) is 31.2 Å². The summed E-state index contributed by atoms with van der Waals surface area (Å²) in [7, 11) is -3.67. The lowest BCUT2D eigenvalue weighted by molar-refractivity contribution is 0.597. The van der Waals surface area contributed by atoms with Crippen LogP contribution in [-0.4, -0.2) is 13.4 Å². The van der Waals surface area contributed by atoms with Gasteiger partial charge in [-0.25, -0.2) is 13.4 Å². The second-order valence-electron chi connectivity index (χ2n) is 5.46. The van der Waals surface area contributed by atoms with Crippen LogP contribution in [-0.2, 0) is 9.84 Å². The molecule has 6 heteroatoms. The topological polar surface area (TPSA) is 47.0 Å². The lowest BCUT2D eigenvalue weighted by Crippen LogP contribution is -2.03. The average molecular weight is 374 g/mol. The molecule has 0 saturated carbocycles. The van der Waals surface area contributed by atoms with Crippen LogP contribution >= 0.6 is 22.9 Å². The Hall–Kier alpha value is -1.95. The van der Waals surface area contributed by atoms with Gasteiger partial charge in [-0.15, -0.1) is 11.3 Å². The fourth-order valence-corrected chi connectivity index (χ4v) is 5.37. The van der Waals surface area contributed by atoms with Crippen LogP contribution in [0.15, 0.2) is 64.4 Å². The van der Waals surface area contributed by atoms with Crippen molar-refractivity contribution in [1.82, 2.24) is 4.98 Å². The van der Waals surface area contributed by atoms with Crippen molar-refractivity contribution in [2.45, 2.75) is 16.7 Å². The molecule has 3 nitrogen and oxygen atoms in total. The molecule has 0 amide bonds. The van der Waals surface area contributed by atoms with E-state index in [1.165, 1.54) is 23.5 Å². The smallest absolute Gasteiger partial charge is 0.208 e. The van der Waals surface area contributed by atoms with Crippen LogP contribution in [0.2, 0.25) is 5.02 Å². The van der Waals surface area contributed by atoms with E-state index >= 15 is 0 Å². The van der Waals surface area contributed by atoms with Crippen molar-refractivity contribution in [3.8, 4) is 0 Å². The minimum atomic E-state index is -3.67. The molecule has 4 aromatic rings. The molecule has 0 aliphatic carbocycles. The summed E-state index contributed by atoms with van der Waals surface area (Å²) < 4.78 is 27.2. The highest BCUT2D eigenvalue weighted by molar-refractivity contribution is 7.91. The van der Waals surface area contributed by atoms with Crippen molar-refractivity contribution in [2.75, 3.05) is 0 Å². The van der Waals surface area contributed by atoms with Crippen molar-refractivity contribution in [3.63, 3.8) is 0 Å². The van der Waals surface area contributed by atoms with Crippen LogP contribution in [0.5, 0.6) is 0 Å². The first kappa shape index (κ1) is 15.6. The number of nitrogens with zero attached hydrogens (tertiary/aromatic N) is 1. The molecule has 1 aromatic heterocycles. The molecule has 120 valence electrons. The van der Waals surface area contributed by atoms with Gasteiger partial charge in [0, 0.05) is 10.4 Å². The number of sulfone groups is 1. The van der Waals surface area contributed by atoms with Crippen molar-refractivity contribution in [1.29, 1.82) is 0 Å². The molecule has 0 aliphatic rings.